The number of rotatable bonds is 10. The Morgan fingerprint density at radius 2 is 1.73 bits per heavy atom. The lowest BCUT2D eigenvalue weighted by molar-refractivity contribution is -0.137. The lowest BCUT2D eigenvalue weighted by Gasteiger charge is -2.22. The van der Waals surface area contributed by atoms with Gasteiger partial charge in [-0.25, -0.2) is 4.68 Å². The van der Waals surface area contributed by atoms with Crippen LogP contribution >= 0.6 is 34.8 Å². The summed E-state index contributed by atoms with van der Waals surface area (Å²) in [6.45, 7) is 6.09. The van der Waals surface area contributed by atoms with E-state index < -0.39 is 5.91 Å². The molecule has 3 rings (SSSR count). The third-order valence-corrected chi connectivity index (χ3v) is 6.31. The Bertz CT molecular complexity index is 1240. The largest absolute Gasteiger partial charge is 0.484 e. The van der Waals surface area contributed by atoms with E-state index >= 15 is 0 Å². The Kier molecular flexibility index (Phi) is 9.84. The van der Waals surface area contributed by atoms with Crippen molar-refractivity contribution in [3.8, 4) is 11.4 Å². The highest BCUT2D eigenvalue weighted by Gasteiger charge is 2.23. The van der Waals surface area contributed by atoms with Gasteiger partial charge in [-0.1, -0.05) is 55.6 Å². The molecule has 0 aliphatic rings. The van der Waals surface area contributed by atoms with Crippen molar-refractivity contribution < 1.29 is 19.1 Å². The maximum Gasteiger partial charge on any atom is 0.261 e. The van der Waals surface area contributed by atoms with Crippen LogP contribution in [0.5, 0.6) is 5.75 Å². The van der Waals surface area contributed by atoms with E-state index in [1.807, 2.05) is 20.8 Å². The first kappa shape index (κ1) is 28.8. The summed E-state index contributed by atoms with van der Waals surface area (Å²) in [5.74, 6) is 0.159. The van der Waals surface area contributed by atoms with Crippen LogP contribution in [-0.4, -0.2) is 59.9 Å². The van der Waals surface area contributed by atoms with Crippen LogP contribution in [0.4, 0.5) is 5.82 Å². The second-order valence-corrected chi connectivity index (χ2v) is 10.5. The molecule has 0 unspecified atom stereocenters. The number of anilines is 1. The van der Waals surface area contributed by atoms with Crippen LogP contribution in [0.15, 0.2) is 48.5 Å². The number of methoxy groups -OCH3 is 1. The van der Waals surface area contributed by atoms with Gasteiger partial charge >= 0.3 is 0 Å². The van der Waals surface area contributed by atoms with E-state index in [1.165, 1.54) is 12.0 Å². The number of nitrogens with zero attached hydrogens (tertiary/aromatic N) is 3. The van der Waals surface area contributed by atoms with Crippen molar-refractivity contribution in [1.29, 1.82) is 0 Å². The minimum Gasteiger partial charge on any atom is -0.484 e. The van der Waals surface area contributed by atoms with Crippen LogP contribution in [0, 0.1) is 0 Å². The number of carbonyl (C=O) groups is 2. The summed E-state index contributed by atoms with van der Waals surface area (Å²) >= 11 is 18.2. The van der Waals surface area contributed by atoms with E-state index in [0.29, 0.717) is 32.3 Å². The average molecular weight is 568 g/mol. The molecule has 0 radical (unpaired) electrons. The summed E-state index contributed by atoms with van der Waals surface area (Å²) in [5.41, 5.74) is 1.11. The number of carbonyl (C=O) groups excluding carboxylic acids is 2. The normalized spacial score (nSPS) is 11.3. The quantitative estimate of drug-likeness (QED) is 0.344. The Morgan fingerprint density at radius 3 is 2.35 bits per heavy atom. The zero-order chi connectivity index (χ0) is 27.2. The molecule has 0 aliphatic carbocycles. The number of hydrogen-bond acceptors (Lipinski definition) is 5. The Morgan fingerprint density at radius 1 is 1.03 bits per heavy atom. The van der Waals surface area contributed by atoms with Gasteiger partial charge in [0.1, 0.15) is 18.1 Å². The molecule has 1 heterocycles. The number of nitrogens with one attached hydrogen (secondary N) is 1. The summed E-state index contributed by atoms with van der Waals surface area (Å²) in [4.78, 5) is 27.3. The van der Waals surface area contributed by atoms with Crippen molar-refractivity contribution in [3.63, 3.8) is 0 Å². The van der Waals surface area contributed by atoms with E-state index in [2.05, 4.69) is 10.4 Å². The summed E-state index contributed by atoms with van der Waals surface area (Å²) in [7, 11) is 1.52. The van der Waals surface area contributed by atoms with Gasteiger partial charge in [0.2, 0.25) is 5.91 Å². The monoisotopic (exact) mass is 566 g/mol. The van der Waals surface area contributed by atoms with Gasteiger partial charge in [0.25, 0.3) is 5.91 Å². The minimum absolute atomic E-state index is 0.205. The van der Waals surface area contributed by atoms with Crippen molar-refractivity contribution in [2.24, 2.45) is 0 Å². The summed E-state index contributed by atoms with van der Waals surface area (Å²) < 4.78 is 12.3. The fourth-order valence-electron chi connectivity index (χ4n) is 3.27. The Labute approximate surface area is 231 Å². The number of halogens is 3. The summed E-state index contributed by atoms with van der Waals surface area (Å²) in [6.07, 6.45) is 0. The van der Waals surface area contributed by atoms with Crippen molar-refractivity contribution >= 4 is 52.4 Å². The van der Waals surface area contributed by atoms with Crippen molar-refractivity contribution in [3.05, 3.63) is 69.3 Å². The SMILES string of the molecule is COCCN(CC(=O)Nc1cc(C(C)(C)C)nn1-c1ccc(Cl)c(Cl)c1)C(=O)COc1ccc(Cl)cc1. The molecule has 0 atom stereocenters. The van der Waals surface area contributed by atoms with E-state index in [9.17, 15) is 9.59 Å². The number of amides is 2. The van der Waals surface area contributed by atoms with E-state index in [4.69, 9.17) is 44.3 Å². The van der Waals surface area contributed by atoms with Crippen LogP contribution in [0.1, 0.15) is 26.5 Å². The first-order chi connectivity index (χ1) is 17.5. The number of ether oxygens (including phenoxy) is 2. The molecule has 37 heavy (non-hydrogen) atoms. The minimum atomic E-state index is -0.405. The van der Waals surface area contributed by atoms with Gasteiger partial charge in [-0.3, -0.25) is 9.59 Å². The lowest BCUT2D eigenvalue weighted by atomic mass is 9.92. The van der Waals surface area contributed by atoms with Gasteiger partial charge in [-0.05, 0) is 42.5 Å². The molecule has 0 fully saturated rings. The fourth-order valence-corrected chi connectivity index (χ4v) is 3.68. The van der Waals surface area contributed by atoms with E-state index in [1.54, 1.807) is 53.2 Å². The molecule has 0 bridgehead atoms. The highest BCUT2D eigenvalue weighted by atomic mass is 35.5. The molecule has 0 spiro atoms. The van der Waals surface area contributed by atoms with Gasteiger partial charge in [0, 0.05) is 30.2 Å². The summed E-state index contributed by atoms with van der Waals surface area (Å²) in [5, 5.41) is 8.89. The maximum absolute atomic E-state index is 13.1. The molecule has 11 heteroatoms. The van der Waals surface area contributed by atoms with Crippen molar-refractivity contribution in [2.45, 2.75) is 26.2 Å². The van der Waals surface area contributed by atoms with E-state index in [-0.39, 0.29) is 37.6 Å². The zero-order valence-corrected chi connectivity index (χ0v) is 23.3. The number of aromatic nitrogens is 2. The molecule has 3 aromatic rings. The highest BCUT2D eigenvalue weighted by Crippen LogP contribution is 2.29. The Hall–Kier alpha value is -2.78. The van der Waals surface area contributed by atoms with Gasteiger partial charge < -0.3 is 19.7 Å². The van der Waals surface area contributed by atoms with Crippen molar-refractivity contribution in [2.75, 3.05) is 38.7 Å². The first-order valence-electron chi connectivity index (χ1n) is 11.5. The predicted octanol–water partition coefficient (Wildman–Crippen LogP) is 5.62. The van der Waals surface area contributed by atoms with Crippen molar-refractivity contribution in [1.82, 2.24) is 14.7 Å². The van der Waals surface area contributed by atoms with Gasteiger partial charge in [0.15, 0.2) is 6.61 Å². The third-order valence-electron chi connectivity index (χ3n) is 5.32. The predicted molar refractivity (Wildman–Crippen MR) is 146 cm³/mol. The van der Waals surface area contributed by atoms with Gasteiger partial charge in [-0.15, -0.1) is 0 Å². The highest BCUT2D eigenvalue weighted by molar-refractivity contribution is 6.42. The molecule has 0 aliphatic heterocycles. The number of hydrogen-bond donors (Lipinski definition) is 1. The molecule has 1 aromatic heterocycles. The van der Waals surface area contributed by atoms with Crippen LogP contribution < -0.4 is 10.1 Å². The molecule has 2 amide bonds. The van der Waals surface area contributed by atoms with Crippen LogP contribution in [0.2, 0.25) is 15.1 Å². The lowest BCUT2D eigenvalue weighted by Crippen LogP contribution is -2.42. The molecule has 1 N–H and O–H groups in total. The van der Waals surface area contributed by atoms with Gasteiger partial charge in [-0.2, -0.15) is 5.10 Å². The molecule has 2 aromatic carbocycles. The Balaban J connectivity index is 1.77. The molecular formula is C26H29Cl3N4O4. The molecule has 0 saturated carbocycles. The second-order valence-electron chi connectivity index (χ2n) is 9.27. The topological polar surface area (TPSA) is 85.7 Å². The van der Waals surface area contributed by atoms with E-state index in [0.717, 1.165) is 5.69 Å². The first-order valence-corrected chi connectivity index (χ1v) is 12.6. The standard InChI is InChI=1S/C26H29Cl3N4O4/c1-26(2,3)22-14-23(33(31-22)18-7-10-20(28)21(29)13-18)30-24(34)15-32(11-12-36-4)25(35)16-37-19-8-5-17(27)6-9-19/h5-10,13-14H,11-12,15-16H2,1-4H3,(H,30,34). The fraction of sp³-hybridized carbons (Fsp3) is 0.346. The van der Waals surface area contributed by atoms with Gasteiger partial charge in [0.05, 0.1) is 28.0 Å². The summed E-state index contributed by atoms with van der Waals surface area (Å²) in [6, 6.07) is 13.5. The van der Waals surface area contributed by atoms with Crippen LogP contribution in [0.3, 0.4) is 0 Å². The molecule has 8 nitrogen and oxygen atoms in total. The smallest absolute Gasteiger partial charge is 0.261 e. The molecular weight excluding hydrogens is 539 g/mol. The molecule has 0 saturated heterocycles. The number of benzene rings is 2. The van der Waals surface area contributed by atoms with Crippen LogP contribution in [0.25, 0.3) is 5.69 Å². The third kappa shape index (κ3) is 8.10. The zero-order valence-electron chi connectivity index (χ0n) is 21.1. The average Bonchev–Trinajstić information content (AvgIpc) is 3.27. The molecule has 198 valence electrons. The second kappa shape index (κ2) is 12.6. The maximum atomic E-state index is 13.1. The van der Waals surface area contributed by atoms with Crippen LogP contribution in [-0.2, 0) is 19.7 Å².